The molecule has 2 aliphatic heterocycles. The van der Waals surface area contributed by atoms with E-state index in [1.807, 2.05) is 17.0 Å². The Hall–Kier alpha value is -2.16. The highest BCUT2D eigenvalue weighted by atomic mass is 16.5. The van der Waals surface area contributed by atoms with Crippen molar-refractivity contribution in [3.63, 3.8) is 0 Å². The van der Waals surface area contributed by atoms with Crippen molar-refractivity contribution in [1.29, 1.82) is 0 Å². The van der Waals surface area contributed by atoms with Crippen LogP contribution in [0.1, 0.15) is 51.7 Å². The van der Waals surface area contributed by atoms with Crippen LogP contribution < -0.4 is 4.74 Å². The minimum absolute atomic E-state index is 0.0256. The van der Waals surface area contributed by atoms with Gasteiger partial charge in [-0.05, 0) is 29.9 Å². The minimum atomic E-state index is -0.994. The molecule has 0 aliphatic carbocycles. The number of likely N-dealkylation sites (tertiary alicyclic amines) is 1. The topological polar surface area (TPSA) is 93.6 Å². The monoisotopic (exact) mass is 461 g/mol. The number of carbonyl (C=O) groups is 2. The van der Waals surface area contributed by atoms with Crippen molar-refractivity contribution in [1.82, 2.24) is 14.7 Å². The standard InChI is InChI=1S/C25H39N3O5/c1-18(29)27-11-13-28(14-12-27)21-7-9-26(10-8-22(21)30)16-19-15-20(25(2,3)4)5-6-23(19)33-17-24(31)32/h5-6,15,21-22,30H,7-14,16-17H2,1-4H3,(H,31,32)/t21-,22-/m0/s1. The number of rotatable bonds is 6. The van der Waals surface area contributed by atoms with Gasteiger partial charge in [0.2, 0.25) is 5.91 Å². The largest absolute Gasteiger partial charge is 0.482 e. The number of carbonyl (C=O) groups excluding carboxylic acids is 1. The molecule has 2 aliphatic rings. The highest BCUT2D eigenvalue weighted by molar-refractivity contribution is 5.73. The third-order valence-corrected chi connectivity index (χ3v) is 6.83. The molecule has 0 unspecified atom stereocenters. The Morgan fingerprint density at radius 1 is 1.06 bits per heavy atom. The van der Waals surface area contributed by atoms with Crippen molar-refractivity contribution in [3.8, 4) is 5.75 Å². The fraction of sp³-hybridized carbons (Fsp3) is 0.680. The van der Waals surface area contributed by atoms with Gasteiger partial charge in [0.1, 0.15) is 5.75 Å². The molecule has 184 valence electrons. The van der Waals surface area contributed by atoms with E-state index >= 15 is 0 Å². The lowest BCUT2D eigenvalue weighted by Crippen LogP contribution is -2.54. The SMILES string of the molecule is CC(=O)N1CCN([C@H]2CCN(Cc3cc(C(C)(C)C)ccc3OCC(=O)O)CC[C@@H]2O)CC1. The molecule has 0 bridgehead atoms. The summed E-state index contributed by atoms with van der Waals surface area (Å²) in [6.07, 6.45) is 1.13. The van der Waals surface area contributed by atoms with E-state index in [0.29, 0.717) is 31.8 Å². The normalized spacial score (nSPS) is 23.2. The molecule has 1 amide bonds. The minimum Gasteiger partial charge on any atom is -0.482 e. The molecule has 0 spiro atoms. The number of benzene rings is 1. The molecule has 8 heteroatoms. The van der Waals surface area contributed by atoms with Crippen molar-refractivity contribution in [3.05, 3.63) is 29.3 Å². The van der Waals surface area contributed by atoms with Crippen molar-refractivity contribution in [2.45, 2.75) is 64.6 Å². The van der Waals surface area contributed by atoms with E-state index in [0.717, 1.165) is 38.2 Å². The Balaban J connectivity index is 1.68. The van der Waals surface area contributed by atoms with E-state index in [1.165, 1.54) is 5.56 Å². The molecule has 2 fully saturated rings. The predicted molar refractivity (Wildman–Crippen MR) is 126 cm³/mol. The summed E-state index contributed by atoms with van der Waals surface area (Å²) in [6, 6.07) is 6.09. The summed E-state index contributed by atoms with van der Waals surface area (Å²) in [5.41, 5.74) is 2.13. The van der Waals surface area contributed by atoms with E-state index in [9.17, 15) is 14.7 Å². The first-order chi connectivity index (χ1) is 15.5. The zero-order chi connectivity index (χ0) is 24.2. The highest BCUT2D eigenvalue weighted by Gasteiger charge is 2.32. The summed E-state index contributed by atoms with van der Waals surface area (Å²) < 4.78 is 5.59. The molecule has 0 saturated carbocycles. The number of hydrogen-bond donors (Lipinski definition) is 2. The lowest BCUT2D eigenvalue weighted by atomic mass is 9.86. The quantitative estimate of drug-likeness (QED) is 0.669. The molecule has 2 N–H and O–H groups in total. The maximum atomic E-state index is 11.6. The zero-order valence-electron chi connectivity index (χ0n) is 20.4. The van der Waals surface area contributed by atoms with Crippen LogP contribution in [0.3, 0.4) is 0 Å². The summed E-state index contributed by atoms with van der Waals surface area (Å²) in [6.45, 7) is 13.0. The van der Waals surface area contributed by atoms with Gasteiger partial charge in [0.05, 0.1) is 6.10 Å². The maximum Gasteiger partial charge on any atom is 0.341 e. The second kappa shape index (κ2) is 10.8. The van der Waals surface area contributed by atoms with Crippen LogP contribution in [-0.2, 0) is 21.5 Å². The van der Waals surface area contributed by atoms with E-state index in [4.69, 9.17) is 9.84 Å². The van der Waals surface area contributed by atoms with E-state index in [1.54, 1.807) is 6.92 Å². The molecule has 0 radical (unpaired) electrons. The van der Waals surface area contributed by atoms with E-state index in [-0.39, 0.29) is 24.0 Å². The van der Waals surface area contributed by atoms with Crippen molar-refractivity contribution < 1.29 is 24.5 Å². The molecular weight excluding hydrogens is 422 g/mol. The molecule has 1 aromatic carbocycles. The van der Waals surface area contributed by atoms with Crippen LogP contribution in [0.2, 0.25) is 0 Å². The molecule has 33 heavy (non-hydrogen) atoms. The average Bonchev–Trinajstić information content (AvgIpc) is 2.93. The number of piperazine rings is 1. The summed E-state index contributed by atoms with van der Waals surface area (Å²) in [5.74, 6) is -0.279. The smallest absolute Gasteiger partial charge is 0.341 e. The van der Waals surface area contributed by atoms with Crippen molar-refractivity contribution in [2.24, 2.45) is 0 Å². The van der Waals surface area contributed by atoms with Crippen LogP contribution in [0.5, 0.6) is 5.75 Å². The Kier molecular flexibility index (Phi) is 8.37. The van der Waals surface area contributed by atoms with Gasteiger partial charge in [0.25, 0.3) is 0 Å². The Morgan fingerprint density at radius 2 is 1.73 bits per heavy atom. The van der Waals surface area contributed by atoms with Gasteiger partial charge in [0, 0.05) is 64.3 Å². The Morgan fingerprint density at radius 3 is 2.33 bits per heavy atom. The first-order valence-corrected chi connectivity index (χ1v) is 11.9. The van der Waals surface area contributed by atoms with Gasteiger partial charge in [-0.15, -0.1) is 0 Å². The van der Waals surface area contributed by atoms with Gasteiger partial charge in [-0.1, -0.05) is 32.9 Å². The third kappa shape index (κ3) is 6.91. The summed E-state index contributed by atoms with van der Waals surface area (Å²) in [7, 11) is 0. The molecule has 2 saturated heterocycles. The molecule has 8 nitrogen and oxygen atoms in total. The van der Waals surface area contributed by atoms with Gasteiger partial charge in [0.15, 0.2) is 6.61 Å². The second-order valence-corrected chi connectivity index (χ2v) is 10.3. The van der Waals surface area contributed by atoms with Crippen LogP contribution in [0, 0.1) is 0 Å². The van der Waals surface area contributed by atoms with Crippen LogP contribution in [0.25, 0.3) is 0 Å². The van der Waals surface area contributed by atoms with Gasteiger partial charge < -0.3 is 19.8 Å². The number of carboxylic acids is 1. The van der Waals surface area contributed by atoms with Crippen molar-refractivity contribution in [2.75, 3.05) is 45.9 Å². The van der Waals surface area contributed by atoms with Crippen LogP contribution in [0.4, 0.5) is 0 Å². The molecular formula is C25H39N3O5. The summed E-state index contributed by atoms with van der Waals surface area (Å²) in [5, 5.41) is 19.9. The lowest BCUT2D eigenvalue weighted by Gasteiger charge is -2.40. The molecule has 1 aromatic rings. The van der Waals surface area contributed by atoms with E-state index in [2.05, 4.69) is 36.6 Å². The predicted octanol–water partition coefficient (Wildman–Crippen LogP) is 1.94. The highest BCUT2D eigenvalue weighted by Crippen LogP contribution is 2.30. The number of aliphatic carboxylic acids is 1. The fourth-order valence-corrected chi connectivity index (χ4v) is 4.77. The second-order valence-electron chi connectivity index (χ2n) is 10.3. The van der Waals surface area contributed by atoms with Gasteiger partial charge in [-0.3, -0.25) is 14.6 Å². The zero-order valence-corrected chi connectivity index (χ0v) is 20.4. The number of aliphatic hydroxyl groups is 1. The maximum absolute atomic E-state index is 11.6. The van der Waals surface area contributed by atoms with Gasteiger partial charge in [-0.25, -0.2) is 4.79 Å². The van der Waals surface area contributed by atoms with Gasteiger partial charge >= 0.3 is 5.97 Å². The Labute approximate surface area is 197 Å². The number of ether oxygens (including phenoxy) is 1. The van der Waals surface area contributed by atoms with E-state index < -0.39 is 12.1 Å². The number of amides is 1. The summed E-state index contributed by atoms with van der Waals surface area (Å²) in [4.78, 5) is 29.2. The molecule has 0 aromatic heterocycles. The lowest BCUT2D eigenvalue weighted by molar-refractivity contribution is -0.139. The molecule has 2 heterocycles. The molecule has 2 atom stereocenters. The Bertz CT molecular complexity index is 830. The van der Waals surface area contributed by atoms with Crippen LogP contribution >= 0.6 is 0 Å². The third-order valence-electron chi connectivity index (χ3n) is 6.83. The summed E-state index contributed by atoms with van der Waals surface area (Å²) >= 11 is 0. The van der Waals surface area contributed by atoms with Crippen LogP contribution in [0.15, 0.2) is 18.2 Å². The fourth-order valence-electron chi connectivity index (χ4n) is 4.77. The first kappa shape index (κ1) is 25.5. The number of aliphatic hydroxyl groups excluding tert-OH is 1. The number of nitrogens with zero attached hydrogens (tertiary/aromatic N) is 3. The number of hydrogen-bond acceptors (Lipinski definition) is 6. The molecule has 3 rings (SSSR count). The van der Waals surface area contributed by atoms with Crippen LogP contribution in [-0.4, -0.2) is 94.8 Å². The first-order valence-electron chi connectivity index (χ1n) is 11.9. The van der Waals surface area contributed by atoms with Crippen molar-refractivity contribution >= 4 is 11.9 Å². The average molecular weight is 462 g/mol. The van der Waals surface area contributed by atoms with Gasteiger partial charge in [-0.2, -0.15) is 0 Å². The number of carboxylic acid groups (broad SMARTS) is 1.